The van der Waals surface area contributed by atoms with Crippen molar-refractivity contribution in [2.24, 2.45) is 0 Å². The van der Waals surface area contributed by atoms with Crippen LogP contribution >= 0.6 is 0 Å². The minimum Gasteiger partial charge on any atom is -0.462 e. The first-order valence-electron chi connectivity index (χ1n) is 25.2. The zero-order valence-corrected chi connectivity index (χ0v) is 40.7. The molecule has 1 unspecified atom stereocenters. The molecule has 0 rings (SSSR count). The Hall–Kier alpha value is -4.45. The molecule has 0 aromatic rings. The van der Waals surface area contributed by atoms with Crippen LogP contribution in [0.25, 0.3) is 0 Å². The molecule has 0 fully saturated rings. The van der Waals surface area contributed by atoms with E-state index >= 15 is 0 Å². The molecule has 358 valence electrons. The number of rotatable bonds is 43. The third-order valence-electron chi connectivity index (χ3n) is 9.91. The van der Waals surface area contributed by atoms with Gasteiger partial charge < -0.3 is 14.2 Å². The van der Waals surface area contributed by atoms with Gasteiger partial charge in [-0.3, -0.25) is 14.4 Å². The SMILES string of the molecule is CC/C=C\C/C=C\C/C=C\C/C=C\C/C=C\C/C=C\CCC(=O)OCC(COC(=O)CCCCC/C=C\C=C/CCCC)OC(=O)CCCCCCCC/C=C\C/C=C\C/C=C\CC. The van der Waals surface area contributed by atoms with Gasteiger partial charge in [-0.2, -0.15) is 0 Å². The molecule has 1 atom stereocenters. The van der Waals surface area contributed by atoms with Crippen molar-refractivity contribution in [1.29, 1.82) is 0 Å². The van der Waals surface area contributed by atoms with Crippen LogP contribution in [-0.2, 0) is 28.6 Å². The summed E-state index contributed by atoms with van der Waals surface area (Å²) in [5, 5.41) is 0. The summed E-state index contributed by atoms with van der Waals surface area (Å²) in [4.78, 5) is 37.9. The van der Waals surface area contributed by atoms with E-state index in [2.05, 4.69) is 142 Å². The maximum Gasteiger partial charge on any atom is 0.306 e. The third kappa shape index (κ3) is 48.6. The molecule has 0 aliphatic rings. The Bertz CT molecular complexity index is 1430. The fraction of sp³-hybridized carbons (Fsp3) is 0.569. The maximum absolute atomic E-state index is 12.8. The molecule has 0 aliphatic heterocycles. The van der Waals surface area contributed by atoms with Gasteiger partial charge in [0, 0.05) is 19.3 Å². The lowest BCUT2D eigenvalue weighted by Crippen LogP contribution is -2.30. The molecule has 0 aromatic heterocycles. The van der Waals surface area contributed by atoms with E-state index in [4.69, 9.17) is 14.2 Å². The summed E-state index contributed by atoms with van der Waals surface area (Å²) in [6.07, 6.45) is 71.6. The first kappa shape index (κ1) is 59.5. The summed E-state index contributed by atoms with van der Waals surface area (Å²) in [6, 6.07) is 0. The van der Waals surface area contributed by atoms with Gasteiger partial charge >= 0.3 is 17.9 Å². The van der Waals surface area contributed by atoms with E-state index in [9.17, 15) is 14.4 Å². The van der Waals surface area contributed by atoms with E-state index in [1.54, 1.807) is 0 Å². The van der Waals surface area contributed by atoms with E-state index in [0.717, 1.165) is 122 Å². The summed E-state index contributed by atoms with van der Waals surface area (Å²) in [5.74, 6) is -1.06. The normalized spacial score (nSPS) is 13.2. The van der Waals surface area contributed by atoms with Crippen molar-refractivity contribution in [2.75, 3.05) is 13.2 Å². The van der Waals surface area contributed by atoms with Gasteiger partial charge in [-0.1, -0.05) is 199 Å². The van der Waals surface area contributed by atoms with E-state index < -0.39 is 6.10 Å². The van der Waals surface area contributed by atoms with Gasteiger partial charge in [0.15, 0.2) is 6.10 Å². The van der Waals surface area contributed by atoms with Crippen molar-refractivity contribution in [3.63, 3.8) is 0 Å². The zero-order valence-electron chi connectivity index (χ0n) is 40.7. The Morgan fingerprint density at radius 2 is 0.688 bits per heavy atom. The fourth-order valence-electron chi connectivity index (χ4n) is 6.16. The third-order valence-corrected chi connectivity index (χ3v) is 9.91. The molecule has 6 heteroatoms. The summed E-state index contributed by atoms with van der Waals surface area (Å²) >= 11 is 0. The monoisotopic (exact) mass is 883 g/mol. The van der Waals surface area contributed by atoms with E-state index in [1.807, 2.05) is 12.2 Å². The first-order valence-corrected chi connectivity index (χ1v) is 25.2. The molecular formula is C58H90O6. The highest BCUT2D eigenvalue weighted by Gasteiger charge is 2.19. The van der Waals surface area contributed by atoms with Gasteiger partial charge in [0.2, 0.25) is 0 Å². The van der Waals surface area contributed by atoms with Gasteiger partial charge in [-0.15, -0.1) is 0 Å². The quantitative estimate of drug-likeness (QED) is 0.0200. The smallest absolute Gasteiger partial charge is 0.306 e. The van der Waals surface area contributed by atoms with Crippen LogP contribution in [0.2, 0.25) is 0 Å². The maximum atomic E-state index is 12.8. The predicted molar refractivity (Wildman–Crippen MR) is 274 cm³/mol. The Kier molecular flexibility index (Phi) is 47.6. The van der Waals surface area contributed by atoms with Crippen LogP contribution in [0.5, 0.6) is 0 Å². The fourth-order valence-corrected chi connectivity index (χ4v) is 6.16. The van der Waals surface area contributed by atoms with E-state index in [1.165, 1.54) is 25.7 Å². The lowest BCUT2D eigenvalue weighted by molar-refractivity contribution is -0.166. The van der Waals surface area contributed by atoms with Crippen LogP contribution in [0.1, 0.15) is 194 Å². The van der Waals surface area contributed by atoms with Crippen molar-refractivity contribution in [3.8, 4) is 0 Å². The minimum absolute atomic E-state index is 0.126. The second kappa shape index (κ2) is 51.2. The van der Waals surface area contributed by atoms with Crippen LogP contribution in [-0.4, -0.2) is 37.2 Å². The summed E-state index contributed by atoms with van der Waals surface area (Å²) in [6.45, 7) is 6.23. The molecule has 0 amide bonds. The topological polar surface area (TPSA) is 78.9 Å². The van der Waals surface area contributed by atoms with Crippen LogP contribution in [0.15, 0.2) is 134 Å². The van der Waals surface area contributed by atoms with Gasteiger partial charge in [-0.25, -0.2) is 0 Å². The highest BCUT2D eigenvalue weighted by Crippen LogP contribution is 2.12. The molecule has 0 saturated carbocycles. The van der Waals surface area contributed by atoms with Crippen LogP contribution < -0.4 is 0 Å². The second-order valence-electron chi connectivity index (χ2n) is 16.0. The number of hydrogen-bond acceptors (Lipinski definition) is 6. The lowest BCUT2D eigenvalue weighted by atomic mass is 10.1. The van der Waals surface area contributed by atoms with Gasteiger partial charge in [-0.05, 0) is 109 Å². The van der Waals surface area contributed by atoms with Crippen molar-refractivity contribution < 1.29 is 28.6 Å². The number of esters is 3. The second-order valence-corrected chi connectivity index (χ2v) is 16.0. The van der Waals surface area contributed by atoms with E-state index in [-0.39, 0.29) is 44.0 Å². The van der Waals surface area contributed by atoms with Gasteiger partial charge in [0.1, 0.15) is 13.2 Å². The number of allylic oxidation sites excluding steroid dienone is 22. The Labute approximate surface area is 392 Å². The molecule has 64 heavy (non-hydrogen) atoms. The molecule has 0 radical (unpaired) electrons. The highest BCUT2D eigenvalue weighted by atomic mass is 16.6. The van der Waals surface area contributed by atoms with Crippen LogP contribution in [0, 0.1) is 0 Å². The molecule has 6 nitrogen and oxygen atoms in total. The lowest BCUT2D eigenvalue weighted by Gasteiger charge is -2.18. The predicted octanol–water partition coefficient (Wildman–Crippen LogP) is 16.7. The Morgan fingerprint density at radius 3 is 1.16 bits per heavy atom. The molecular weight excluding hydrogens is 793 g/mol. The number of unbranched alkanes of at least 4 members (excludes halogenated alkanes) is 11. The van der Waals surface area contributed by atoms with Crippen molar-refractivity contribution >= 4 is 17.9 Å². The molecule has 0 aliphatic carbocycles. The largest absolute Gasteiger partial charge is 0.462 e. The number of ether oxygens (including phenoxy) is 3. The summed E-state index contributed by atoms with van der Waals surface area (Å²) in [7, 11) is 0. The standard InChI is InChI=1S/C58H90O6/c1-4-7-10-13-16-19-22-24-26-28-29-30-32-33-36-39-42-45-48-51-57(60)63-54-55(53-62-56(59)50-47-44-41-38-35-21-18-15-12-9-6-3)64-58(61)52-49-46-43-40-37-34-31-27-25-23-20-17-14-11-8-5-2/h7-8,10-11,15-21,24-27,29-30,33,35-36,42,45,55H,4-6,9,12-14,22-23,28,31-32,34,37-41,43-44,46-54H2,1-3H3/b10-7-,11-8-,18-15-,19-16-,20-17-,26-24-,27-25-,30-29-,35-21-,36-33-,45-42-. The van der Waals surface area contributed by atoms with Gasteiger partial charge in [0.25, 0.3) is 0 Å². The Morgan fingerprint density at radius 1 is 0.344 bits per heavy atom. The number of carbonyl (C=O) groups is 3. The van der Waals surface area contributed by atoms with E-state index in [0.29, 0.717) is 12.8 Å². The average Bonchev–Trinajstić information content (AvgIpc) is 3.29. The zero-order chi connectivity index (χ0) is 46.5. The molecule has 0 heterocycles. The highest BCUT2D eigenvalue weighted by molar-refractivity contribution is 5.71. The number of carbonyl (C=O) groups excluding carboxylic acids is 3. The minimum atomic E-state index is -0.830. The first-order chi connectivity index (χ1) is 31.5. The van der Waals surface area contributed by atoms with Crippen LogP contribution in [0.4, 0.5) is 0 Å². The molecule has 0 saturated heterocycles. The number of hydrogen-bond donors (Lipinski definition) is 0. The van der Waals surface area contributed by atoms with Crippen molar-refractivity contribution in [2.45, 2.75) is 200 Å². The Balaban J connectivity index is 4.56. The van der Waals surface area contributed by atoms with Crippen molar-refractivity contribution in [3.05, 3.63) is 134 Å². The molecule has 0 N–H and O–H groups in total. The molecule has 0 spiro atoms. The molecule has 0 bridgehead atoms. The van der Waals surface area contributed by atoms with Crippen molar-refractivity contribution in [1.82, 2.24) is 0 Å². The summed E-state index contributed by atoms with van der Waals surface area (Å²) in [5.41, 5.74) is 0. The average molecular weight is 883 g/mol. The van der Waals surface area contributed by atoms with Gasteiger partial charge in [0.05, 0.1) is 0 Å². The van der Waals surface area contributed by atoms with Crippen LogP contribution in [0.3, 0.4) is 0 Å². The summed E-state index contributed by atoms with van der Waals surface area (Å²) < 4.78 is 16.7. The molecule has 0 aromatic carbocycles.